The minimum absolute atomic E-state index is 0.239. The molecule has 0 radical (unpaired) electrons. The standard InChI is InChI=1S/C18H22BrN/c1-4-6-14-7-5-8-15(11-14)18(20-3)16-9-13(2)10-17(19)12-16/h5,7-12,18,20H,4,6H2,1-3H3. The highest BCUT2D eigenvalue weighted by Crippen LogP contribution is 2.26. The molecule has 0 fully saturated rings. The summed E-state index contributed by atoms with van der Waals surface area (Å²) in [5, 5.41) is 3.44. The van der Waals surface area contributed by atoms with Gasteiger partial charge in [0.2, 0.25) is 0 Å². The van der Waals surface area contributed by atoms with Crippen LogP contribution in [0.4, 0.5) is 0 Å². The van der Waals surface area contributed by atoms with Crippen molar-refractivity contribution in [3.05, 3.63) is 69.2 Å². The molecule has 2 heteroatoms. The van der Waals surface area contributed by atoms with Gasteiger partial charge in [-0.2, -0.15) is 0 Å². The maximum absolute atomic E-state index is 3.59. The lowest BCUT2D eigenvalue weighted by molar-refractivity contribution is 0.689. The summed E-state index contributed by atoms with van der Waals surface area (Å²) in [5.41, 5.74) is 5.32. The molecule has 0 aliphatic carbocycles. The maximum atomic E-state index is 3.59. The molecule has 0 aromatic heterocycles. The molecule has 1 unspecified atom stereocenters. The minimum Gasteiger partial charge on any atom is -0.309 e. The van der Waals surface area contributed by atoms with E-state index in [2.05, 4.69) is 77.6 Å². The van der Waals surface area contributed by atoms with Gasteiger partial charge in [-0.1, -0.05) is 59.6 Å². The summed E-state index contributed by atoms with van der Waals surface area (Å²) in [6.07, 6.45) is 2.32. The van der Waals surface area contributed by atoms with E-state index in [-0.39, 0.29) is 6.04 Å². The van der Waals surface area contributed by atoms with Gasteiger partial charge in [-0.15, -0.1) is 0 Å². The lowest BCUT2D eigenvalue weighted by atomic mass is 9.95. The van der Waals surface area contributed by atoms with E-state index in [9.17, 15) is 0 Å². The molecule has 2 aromatic rings. The predicted octanol–water partition coefficient (Wildman–Crippen LogP) is 5.02. The van der Waals surface area contributed by atoms with Crippen LogP contribution >= 0.6 is 15.9 Å². The summed E-state index contributed by atoms with van der Waals surface area (Å²) in [5.74, 6) is 0. The van der Waals surface area contributed by atoms with Gasteiger partial charge in [0.05, 0.1) is 6.04 Å². The third-order valence-corrected chi connectivity index (χ3v) is 3.97. The fourth-order valence-electron chi connectivity index (χ4n) is 2.67. The quantitative estimate of drug-likeness (QED) is 0.811. The van der Waals surface area contributed by atoms with Crippen LogP contribution in [0.2, 0.25) is 0 Å². The first kappa shape index (κ1) is 15.3. The molecular formula is C18H22BrN. The molecule has 0 spiro atoms. The molecule has 0 saturated heterocycles. The highest BCUT2D eigenvalue weighted by molar-refractivity contribution is 9.10. The Morgan fingerprint density at radius 1 is 1.10 bits per heavy atom. The van der Waals surface area contributed by atoms with E-state index in [1.54, 1.807) is 0 Å². The second-order valence-electron chi connectivity index (χ2n) is 5.28. The van der Waals surface area contributed by atoms with Crippen molar-refractivity contribution in [2.45, 2.75) is 32.7 Å². The van der Waals surface area contributed by atoms with Crippen LogP contribution in [0.25, 0.3) is 0 Å². The Bertz CT molecular complexity index is 557. The molecule has 0 saturated carbocycles. The van der Waals surface area contributed by atoms with Crippen LogP contribution in [0, 0.1) is 6.92 Å². The van der Waals surface area contributed by atoms with Gasteiger partial charge >= 0.3 is 0 Å². The molecule has 2 rings (SSSR count). The number of nitrogens with one attached hydrogen (secondary N) is 1. The molecule has 1 N–H and O–H groups in total. The molecule has 0 aliphatic heterocycles. The van der Waals surface area contributed by atoms with Crippen LogP contribution in [-0.2, 0) is 6.42 Å². The Balaban J connectivity index is 2.38. The third kappa shape index (κ3) is 3.71. The van der Waals surface area contributed by atoms with Crippen molar-refractivity contribution in [2.24, 2.45) is 0 Å². The summed E-state index contributed by atoms with van der Waals surface area (Å²) >= 11 is 3.59. The summed E-state index contributed by atoms with van der Waals surface area (Å²) in [4.78, 5) is 0. The van der Waals surface area contributed by atoms with E-state index in [1.807, 2.05) is 7.05 Å². The summed E-state index contributed by atoms with van der Waals surface area (Å²) in [6.45, 7) is 4.36. The fourth-order valence-corrected chi connectivity index (χ4v) is 3.30. The Morgan fingerprint density at radius 2 is 1.90 bits per heavy atom. The number of hydrogen-bond acceptors (Lipinski definition) is 1. The normalized spacial score (nSPS) is 12.4. The first-order chi connectivity index (χ1) is 9.63. The van der Waals surface area contributed by atoms with Crippen LogP contribution in [0.1, 0.15) is 41.6 Å². The molecule has 0 bridgehead atoms. The van der Waals surface area contributed by atoms with Gasteiger partial charge in [0.25, 0.3) is 0 Å². The molecule has 1 atom stereocenters. The van der Waals surface area contributed by atoms with Crippen molar-refractivity contribution >= 4 is 15.9 Å². The van der Waals surface area contributed by atoms with Crippen molar-refractivity contribution in [1.29, 1.82) is 0 Å². The maximum Gasteiger partial charge on any atom is 0.0574 e. The van der Waals surface area contributed by atoms with E-state index in [4.69, 9.17) is 0 Å². The minimum atomic E-state index is 0.239. The SMILES string of the molecule is CCCc1cccc(C(NC)c2cc(C)cc(Br)c2)c1. The molecule has 1 nitrogen and oxygen atoms in total. The average molecular weight is 332 g/mol. The van der Waals surface area contributed by atoms with Crippen LogP contribution in [-0.4, -0.2) is 7.05 Å². The molecule has 2 aromatic carbocycles. The van der Waals surface area contributed by atoms with Crippen molar-refractivity contribution in [3.63, 3.8) is 0 Å². The predicted molar refractivity (Wildman–Crippen MR) is 90.2 cm³/mol. The van der Waals surface area contributed by atoms with Crippen molar-refractivity contribution in [2.75, 3.05) is 7.05 Å². The Hall–Kier alpha value is -1.12. The van der Waals surface area contributed by atoms with E-state index in [0.29, 0.717) is 0 Å². The number of aryl methyl sites for hydroxylation is 2. The van der Waals surface area contributed by atoms with E-state index < -0.39 is 0 Å². The zero-order chi connectivity index (χ0) is 14.5. The monoisotopic (exact) mass is 331 g/mol. The average Bonchev–Trinajstić information content (AvgIpc) is 2.39. The number of benzene rings is 2. The van der Waals surface area contributed by atoms with Gasteiger partial charge in [0.1, 0.15) is 0 Å². The smallest absolute Gasteiger partial charge is 0.0574 e. The van der Waals surface area contributed by atoms with Crippen LogP contribution in [0.5, 0.6) is 0 Å². The molecule has 0 aliphatic rings. The van der Waals surface area contributed by atoms with Gasteiger partial charge < -0.3 is 5.32 Å². The van der Waals surface area contributed by atoms with E-state index in [1.165, 1.54) is 28.7 Å². The number of halogens is 1. The van der Waals surface area contributed by atoms with Crippen molar-refractivity contribution in [3.8, 4) is 0 Å². The molecule has 0 amide bonds. The van der Waals surface area contributed by atoms with Gasteiger partial charge in [-0.05, 0) is 54.8 Å². The van der Waals surface area contributed by atoms with Crippen molar-refractivity contribution in [1.82, 2.24) is 5.32 Å². The van der Waals surface area contributed by atoms with Crippen molar-refractivity contribution < 1.29 is 0 Å². The second kappa shape index (κ2) is 7.05. The molecule has 20 heavy (non-hydrogen) atoms. The van der Waals surface area contributed by atoms with Crippen LogP contribution in [0.3, 0.4) is 0 Å². The Labute approximate surface area is 130 Å². The lowest BCUT2D eigenvalue weighted by Crippen LogP contribution is -2.18. The zero-order valence-electron chi connectivity index (χ0n) is 12.4. The molecular weight excluding hydrogens is 310 g/mol. The first-order valence-corrected chi connectivity index (χ1v) is 7.96. The topological polar surface area (TPSA) is 12.0 Å². The van der Waals surface area contributed by atoms with Gasteiger partial charge in [-0.3, -0.25) is 0 Å². The number of rotatable bonds is 5. The summed E-state index contributed by atoms with van der Waals surface area (Å²) < 4.78 is 1.14. The van der Waals surface area contributed by atoms with Crippen LogP contribution < -0.4 is 5.32 Å². The Kier molecular flexibility index (Phi) is 5.38. The first-order valence-electron chi connectivity index (χ1n) is 7.17. The number of hydrogen-bond donors (Lipinski definition) is 1. The second-order valence-corrected chi connectivity index (χ2v) is 6.19. The molecule has 106 valence electrons. The van der Waals surface area contributed by atoms with Gasteiger partial charge in [0, 0.05) is 4.47 Å². The highest BCUT2D eigenvalue weighted by atomic mass is 79.9. The van der Waals surface area contributed by atoms with E-state index in [0.717, 1.165) is 10.9 Å². The zero-order valence-corrected chi connectivity index (χ0v) is 14.0. The molecule has 0 heterocycles. The van der Waals surface area contributed by atoms with Gasteiger partial charge in [-0.25, -0.2) is 0 Å². The summed E-state index contributed by atoms with van der Waals surface area (Å²) in [6, 6.07) is 15.7. The fraction of sp³-hybridized carbons (Fsp3) is 0.333. The lowest BCUT2D eigenvalue weighted by Gasteiger charge is -2.19. The Morgan fingerprint density at radius 3 is 2.55 bits per heavy atom. The largest absolute Gasteiger partial charge is 0.309 e. The summed E-state index contributed by atoms with van der Waals surface area (Å²) in [7, 11) is 2.02. The van der Waals surface area contributed by atoms with Crippen LogP contribution in [0.15, 0.2) is 46.9 Å². The van der Waals surface area contributed by atoms with Gasteiger partial charge in [0.15, 0.2) is 0 Å². The third-order valence-electron chi connectivity index (χ3n) is 3.51. The van der Waals surface area contributed by atoms with E-state index >= 15 is 0 Å². The highest BCUT2D eigenvalue weighted by Gasteiger charge is 2.13.